The first-order valence-corrected chi connectivity index (χ1v) is 8.96. The van der Waals surface area contributed by atoms with Gasteiger partial charge in [-0.15, -0.1) is 11.3 Å². The Morgan fingerprint density at radius 3 is 2.65 bits per heavy atom. The molecule has 1 amide bonds. The lowest BCUT2D eigenvalue weighted by Crippen LogP contribution is -2.31. The summed E-state index contributed by atoms with van der Waals surface area (Å²) in [6, 6.07) is 5.59. The minimum absolute atomic E-state index is 0.0655. The molecule has 0 aliphatic carbocycles. The molecule has 0 radical (unpaired) electrons. The fraction of sp³-hybridized carbons (Fsp3) is 0.312. The van der Waals surface area contributed by atoms with Crippen LogP contribution >= 0.6 is 23.1 Å². The minimum atomic E-state index is -0.363. The summed E-state index contributed by atoms with van der Waals surface area (Å²) in [6.45, 7) is 3.81. The number of ketones is 1. The number of aromatic nitrogens is 1. The number of hydrogen-bond acceptors (Lipinski definition) is 5. The van der Waals surface area contributed by atoms with Gasteiger partial charge in [-0.1, -0.05) is 11.8 Å². The second-order valence-corrected chi connectivity index (χ2v) is 7.30. The van der Waals surface area contributed by atoms with Gasteiger partial charge in [0.15, 0.2) is 10.1 Å². The largest absolute Gasteiger partial charge is 0.354 e. The molecule has 0 atom stereocenters. The number of thiazole rings is 1. The van der Waals surface area contributed by atoms with Crippen LogP contribution in [0.15, 0.2) is 34.0 Å². The Morgan fingerprint density at radius 1 is 1.30 bits per heavy atom. The Bertz CT molecular complexity index is 684. The van der Waals surface area contributed by atoms with E-state index in [2.05, 4.69) is 10.3 Å². The van der Waals surface area contributed by atoms with Crippen LogP contribution in [0.25, 0.3) is 0 Å². The molecular formula is C16H17FN2O2S2. The van der Waals surface area contributed by atoms with Crippen LogP contribution in [-0.4, -0.2) is 28.5 Å². The van der Waals surface area contributed by atoms with E-state index in [9.17, 15) is 14.0 Å². The molecule has 1 aromatic carbocycles. The molecule has 0 aliphatic rings. The lowest BCUT2D eigenvalue weighted by molar-refractivity contribution is -0.120. The van der Waals surface area contributed by atoms with Crippen LogP contribution in [0.3, 0.4) is 0 Å². The Morgan fingerprint density at radius 2 is 2.00 bits per heavy atom. The quantitative estimate of drug-likeness (QED) is 0.613. The zero-order chi connectivity index (χ0) is 16.8. The van der Waals surface area contributed by atoms with Gasteiger partial charge in [0.05, 0.1) is 17.9 Å². The first-order chi connectivity index (χ1) is 10.9. The molecule has 122 valence electrons. The molecule has 2 aromatic rings. The van der Waals surface area contributed by atoms with Gasteiger partial charge >= 0.3 is 0 Å². The van der Waals surface area contributed by atoms with Gasteiger partial charge in [0.2, 0.25) is 5.91 Å². The lowest BCUT2D eigenvalue weighted by atomic mass is 10.1. The van der Waals surface area contributed by atoms with Crippen molar-refractivity contribution in [1.82, 2.24) is 10.3 Å². The predicted molar refractivity (Wildman–Crippen MR) is 90.6 cm³/mol. The molecule has 0 saturated carbocycles. The van der Waals surface area contributed by atoms with Gasteiger partial charge in [-0.05, 0) is 38.1 Å². The van der Waals surface area contributed by atoms with Gasteiger partial charge in [-0.25, -0.2) is 9.37 Å². The first-order valence-electron chi connectivity index (χ1n) is 7.09. The molecule has 0 saturated heterocycles. The van der Waals surface area contributed by atoms with Crippen molar-refractivity contribution in [3.63, 3.8) is 0 Å². The molecule has 0 fully saturated rings. The number of nitrogens with one attached hydrogen (secondary N) is 1. The number of rotatable bonds is 7. The smallest absolute Gasteiger partial charge is 0.226 e. The van der Waals surface area contributed by atoms with Crippen molar-refractivity contribution in [2.75, 3.05) is 5.75 Å². The van der Waals surface area contributed by atoms with Crippen molar-refractivity contribution in [1.29, 1.82) is 0 Å². The molecule has 2 rings (SSSR count). The van der Waals surface area contributed by atoms with Crippen LogP contribution in [0.5, 0.6) is 0 Å². The zero-order valence-electron chi connectivity index (χ0n) is 12.8. The van der Waals surface area contributed by atoms with Crippen molar-refractivity contribution < 1.29 is 14.0 Å². The van der Waals surface area contributed by atoms with E-state index in [1.54, 1.807) is 0 Å². The minimum Gasteiger partial charge on any atom is -0.354 e. The molecule has 0 bridgehead atoms. The summed E-state index contributed by atoms with van der Waals surface area (Å²) in [5, 5.41) is 4.63. The maximum Gasteiger partial charge on any atom is 0.226 e. The summed E-state index contributed by atoms with van der Waals surface area (Å²) < 4.78 is 13.6. The summed E-state index contributed by atoms with van der Waals surface area (Å²) in [5.41, 5.74) is 1.18. The number of thioether (sulfide) groups is 1. The molecule has 7 heteroatoms. The fourth-order valence-electron chi connectivity index (χ4n) is 1.82. The number of nitrogens with zero attached hydrogens (tertiary/aromatic N) is 1. The third kappa shape index (κ3) is 5.76. The highest BCUT2D eigenvalue weighted by Crippen LogP contribution is 2.24. The van der Waals surface area contributed by atoms with Gasteiger partial charge < -0.3 is 5.32 Å². The van der Waals surface area contributed by atoms with E-state index >= 15 is 0 Å². The summed E-state index contributed by atoms with van der Waals surface area (Å²) >= 11 is 2.73. The van der Waals surface area contributed by atoms with Crippen molar-refractivity contribution in [2.24, 2.45) is 0 Å². The summed E-state index contributed by atoms with van der Waals surface area (Å²) in [5.74, 6) is -0.275. The molecule has 0 unspecified atom stereocenters. The topological polar surface area (TPSA) is 59.1 Å². The van der Waals surface area contributed by atoms with Gasteiger partial charge in [-0.3, -0.25) is 9.59 Å². The van der Waals surface area contributed by atoms with Crippen molar-refractivity contribution in [2.45, 2.75) is 30.6 Å². The number of Topliss-reactive ketones (excluding diaryl/α,β-unsaturated/α-hetero) is 1. The second kappa shape index (κ2) is 8.21. The number of carbonyl (C=O) groups is 2. The Balaban J connectivity index is 1.86. The molecule has 23 heavy (non-hydrogen) atoms. The van der Waals surface area contributed by atoms with Crippen LogP contribution < -0.4 is 5.32 Å². The maximum absolute atomic E-state index is 12.8. The number of benzene rings is 1. The summed E-state index contributed by atoms with van der Waals surface area (Å²) in [6.07, 6.45) is 0.237. The highest BCUT2D eigenvalue weighted by Gasteiger charge is 2.11. The van der Waals surface area contributed by atoms with E-state index in [1.165, 1.54) is 47.4 Å². The van der Waals surface area contributed by atoms with Crippen molar-refractivity contribution >= 4 is 34.8 Å². The van der Waals surface area contributed by atoms with Crippen molar-refractivity contribution in [3.05, 3.63) is 46.7 Å². The number of amides is 1. The molecule has 4 nitrogen and oxygen atoms in total. The second-order valence-electron chi connectivity index (χ2n) is 5.22. The number of hydrogen-bond donors (Lipinski definition) is 1. The van der Waals surface area contributed by atoms with Crippen LogP contribution in [0.4, 0.5) is 4.39 Å². The Hall–Kier alpha value is -1.73. The summed E-state index contributed by atoms with van der Waals surface area (Å²) in [4.78, 5) is 28.0. The molecule has 0 aliphatic heterocycles. The van der Waals surface area contributed by atoms with E-state index in [1.807, 2.05) is 19.2 Å². The highest BCUT2D eigenvalue weighted by molar-refractivity contribution is 8.01. The average molecular weight is 352 g/mol. The zero-order valence-corrected chi connectivity index (χ0v) is 14.5. The number of carbonyl (C=O) groups excluding carboxylic acids is 2. The monoisotopic (exact) mass is 352 g/mol. The van der Waals surface area contributed by atoms with E-state index in [0.717, 1.165) is 4.34 Å². The first kappa shape index (κ1) is 17.6. The normalized spacial score (nSPS) is 10.8. The van der Waals surface area contributed by atoms with Crippen LogP contribution in [0.2, 0.25) is 0 Å². The van der Waals surface area contributed by atoms with Gasteiger partial charge in [-0.2, -0.15) is 0 Å². The molecular weight excluding hydrogens is 335 g/mol. The molecule has 0 spiro atoms. The fourth-order valence-corrected chi connectivity index (χ4v) is 3.56. The lowest BCUT2D eigenvalue weighted by Gasteiger charge is -2.06. The van der Waals surface area contributed by atoms with Gasteiger partial charge in [0.1, 0.15) is 5.82 Å². The third-order valence-corrected chi connectivity index (χ3v) is 4.88. The van der Waals surface area contributed by atoms with Crippen molar-refractivity contribution in [3.8, 4) is 0 Å². The highest BCUT2D eigenvalue weighted by atomic mass is 32.2. The van der Waals surface area contributed by atoms with E-state index < -0.39 is 0 Å². The van der Waals surface area contributed by atoms with Crippen LogP contribution in [0, 0.1) is 5.82 Å². The van der Waals surface area contributed by atoms with Gasteiger partial charge in [0.25, 0.3) is 0 Å². The van der Waals surface area contributed by atoms with E-state index in [-0.39, 0.29) is 35.7 Å². The summed E-state index contributed by atoms with van der Waals surface area (Å²) in [7, 11) is 0. The van der Waals surface area contributed by atoms with Crippen LogP contribution in [-0.2, 0) is 11.2 Å². The molecule has 1 heterocycles. The van der Waals surface area contributed by atoms with E-state index in [4.69, 9.17) is 0 Å². The van der Waals surface area contributed by atoms with E-state index in [0.29, 0.717) is 11.3 Å². The Labute approximate surface area is 142 Å². The van der Waals surface area contributed by atoms with Crippen LogP contribution in [0.1, 0.15) is 29.9 Å². The average Bonchev–Trinajstić information content (AvgIpc) is 2.92. The predicted octanol–water partition coefficient (Wildman–Crippen LogP) is 3.32. The third-order valence-electron chi connectivity index (χ3n) is 2.81. The number of halogens is 1. The maximum atomic E-state index is 12.8. The molecule has 1 N–H and O–H groups in total. The standard InChI is InChI=1S/C16H17FN2O2S2/c1-10(2)18-15(21)7-13-8-22-16(19-13)23-9-14(20)11-3-5-12(17)6-4-11/h3-6,8,10H,7,9H2,1-2H3,(H,18,21). The SMILES string of the molecule is CC(C)NC(=O)Cc1csc(SCC(=O)c2ccc(F)cc2)n1. The Kier molecular flexibility index (Phi) is 6.29. The van der Waals surface area contributed by atoms with Gasteiger partial charge in [0, 0.05) is 17.0 Å². The molecule has 1 aromatic heterocycles.